The molecule has 0 amide bonds. The molecule has 0 saturated heterocycles. The zero-order chi connectivity index (χ0) is 15.4. The van der Waals surface area contributed by atoms with Gasteiger partial charge < -0.3 is 5.32 Å². The fourth-order valence-corrected chi connectivity index (χ4v) is 3.10. The van der Waals surface area contributed by atoms with Crippen molar-refractivity contribution in [2.24, 2.45) is 0 Å². The van der Waals surface area contributed by atoms with Crippen LogP contribution in [0.1, 0.15) is 63.3 Å². The molecule has 1 aromatic heterocycles. The number of nitrogens with one attached hydrogen (secondary N) is 1. The minimum atomic E-state index is 0.482. The van der Waals surface area contributed by atoms with Gasteiger partial charge in [0.25, 0.3) is 0 Å². The standard InChI is InChI=1S/C19H28N2/c1-6-9-15-10-8-11-16-18(15)21-14(5)17(13(3)4)19(16)20-12-7-2/h8,10-11,13H,6-7,9,12H2,1-5H3,(H,20,21). The molecule has 2 heteroatoms. The first-order valence-corrected chi connectivity index (χ1v) is 8.26. The van der Waals surface area contributed by atoms with Gasteiger partial charge in [-0.05, 0) is 36.8 Å². The van der Waals surface area contributed by atoms with Crippen LogP contribution in [0.25, 0.3) is 10.9 Å². The summed E-state index contributed by atoms with van der Waals surface area (Å²) in [6.45, 7) is 12.1. The van der Waals surface area contributed by atoms with Crippen LogP contribution in [-0.4, -0.2) is 11.5 Å². The molecule has 114 valence electrons. The van der Waals surface area contributed by atoms with Crippen molar-refractivity contribution in [2.75, 3.05) is 11.9 Å². The Kier molecular flexibility index (Phi) is 5.22. The number of pyridine rings is 1. The van der Waals surface area contributed by atoms with Crippen LogP contribution in [0.4, 0.5) is 5.69 Å². The van der Waals surface area contributed by atoms with Gasteiger partial charge in [-0.25, -0.2) is 0 Å². The lowest BCUT2D eigenvalue weighted by Crippen LogP contribution is -2.08. The minimum Gasteiger partial charge on any atom is -0.384 e. The SMILES string of the molecule is CCCNc1c(C(C)C)c(C)nc2c(CCC)cccc12. The Balaban J connectivity index is 2.71. The second-order valence-electron chi connectivity index (χ2n) is 6.13. The summed E-state index contributed by atoms with van der Waals surface area (Å²) >= 11 is 0. The van der Waals surface area contributed by atoms with E-state index in [1.54, 1.807) is 0 Å². The molecule has 0 aliphatic heterocycles. The van der Waals surface area contributed by atoms with Gasteiger partial charge in [-0.3, -0.25) is 4.98 Å². The number of rotatable bonds is 6. The monoisotopic (exact) mass is 284 g/mol. The number of para-hydroxylation sites is 1. The predicted molar refractivity (Wildman–Crippen MR) is 93.3 cm³/mol. The highest BCUT2D eigenvalue weighted by Gasteiger charge is 2.16. The molecule has 0 fully saturated rings. The molecule has 1 N–H and O–H groups in total. The molecular formula is C19H28N2. The lowest BCUT2D eigenvalue weighted by atomic mass is 9.94. The Morgan fingerprint density at radius 3 is 2.52 bits per heavy atom. The highest BCUT2D eigenvalue weighted by atomic mass is 14.9. The molecule has 2 aromatic rings. The molecular weight excluding hydrogens is 256 g/mol. The zero-order valence-electron chi connectivity index (χ0n) is 14.1. The fourth-order valence-electron chi connectivity index (χ4n) is 3.10. The van der Waals surface area contributed by atoms with Crippen LogP contribution in [0, 0.1) is 6.92 Å². The molecule has 1 heterocycles. The van der Waals surface area contributed by atoms with E-state index in [-0.39, 0.29) is 0 Å². The summed E-state index contributed by atoms with van der Waals surface area (Å²) in [7, 11) is 0. The number of anilines is 1. The lowest BCUT2D eigenvalue weighted by Gasteiger charge is -2.20. The van der Waals surface area contributed by atoms with Crippen LogP contribution in [0.3, 0.4) is 0 Å². The summed E-state index contributed by atoms with van der Waals surface area (Å²) in [5.74, 6) is 0.482. The molecule has 0 saturated carbocycles. The normalized spacial score (nSPS) is 11.3. The molecule has 0 aliphatic carbocycles. The molecule has 0 aliphatic rings. The van der Waals surface area contributed by atoms with E-state index in [0.717, 1.165) is 25.8 Å². The van der Waals surface area contributed by atoms with E-state index in [9.17, 15) is 0 Å². The van der Waals surface area contributed by atoms with Crippen molar-refractivity contribution in [1.82, 2.24) is 4.98 Å². The van der Waals surface area contributed by atoms with Gasteiger partial charge in [0.1, 0.15) is 0 Å². The Morgan fingerprint density at radius 1 is 1.14 bits per heavy atom. The van der Waals surface area contributed by atoms with Crippen molar-refractivity contribution < 1.29 is 0 Å². The van der Waals surface area contributed by atoms with Crippen molar-refractivity contribution in [1.29, 1.82) is 0 Å². The second kappa shape index (κ2) is 6.93. The average Bonchev–Trinajstić information content (AvgIpc) is 2.45. The minimum absolute atomic E-state index is 0.482. The quantitative estimate of drug-likeness (QED) is 0.764. The Bertz CT molecular complexity index is 614. The molecule has 0 unspecified atom stereocenters. The van der Waals surface area contributed by atoms with Crippen LogP contribution >= 0.6 is 0 Å². The lowest BCUT2D eigenvalue weighted by molar-refractivity contribution is 0.843. The first kappa shape index (κ1) is 15.8. The molecule has 21 heavy (non-hydrogen) atoms. The molecule has 0 atom stereocenters. The highest BCUT2D eigenvalue weighted by Crippen LogP contribution is 2.35. The molecule has 0 radical (unpaired) electrons. The van der Waals surface area contributed by atoms with Gasteiger partial charge in [-0.2, -0.15) is 0 Å². The van der Waals surface area contributed by atoms with Crippen molar-refractivity contribution >= 4 is 16.6 Å². The first-order valence-electron chi connectivity index (χ1n) is 8.26. The summed E-state index contributed by atoms with van der Waals surface area (Å²) in [4.78, 5) is 4.94. The van der Waals surface area contributed by atoms with Crippen molar-refractivity contribution in [3.8, 4) is 0 Å². The van der Waals surface area contributed by atoms with E-state index in [1.807, 2.05) is 0 Å². The summed E-state index contributed by atoms with van der Waals surface area (Å²) < 4.78 is 0. The maximum absolute atomic E-state index is 4.94. The summed E-state index contributed by atoms with van der Waals surface area (Å²) in [5, 5.41) is 4.94. The predicted octanol–water partition coefficient (Wildman–Crippen LogP) is 5.44. The molecule has 0 spiro atoms. The number of hydrogen-bond donors (Lipinski definition) is 1. The van der Waals surface area contributed by atoms with E-state index in [2.05, 4.69) is 58.1 Å². The van der Waals surface area contributed by atoms with Gasteiger partial charge in [0.15, 0.2) is 0 Å². The third kappa shape index (κ3) is 3.20. The smallest absolute Gasteiger partial charge is 0.0758 e. The Hall–Kier alpha value is -1.57. The van der Waals surface area contributed by atoms with Crippen LogP contribution in [0.5, 0.6) is 0 Å². The third-order valence-electron chi connectivity index (χ3n) is 3.98. The molecule has 0 bridgehead atoms. The topological polar surface area (TPSA) is 24.9 Å². The molecule has 2 rings (SSSR count). The van der Waals surface area contributed by atoms with Crippen molar-refractivity contribution in [2.45, 2.75) is 59.8 Å². The summed E-state index contributed by atoms with van der Waals surface area (Å²) in [5.41, 5.74) is 6.38. The Labute approximate surface area is 129 Å². The van der Waals surface area contributed by atoms with Crippen LogP contribution in [0.2, 0.25) is 0 Å². The fraction of sp³-hybridized carbons (Fsp3) is 0.526. The summed E-state index contributed by atoms with van der Waals surface area (Å²) in [6.07, 6.45) is 3.39. The number of benzene rings is 1. The number of aryl methyl sites for hydroxylation is 2. The van der Waals surface area contributed by atoms with Crippen LogP contribution in [-0.2, 0) is 6.42 Å². The maximum atomic E-state index is 4.94. The van der Waals surface area contributed by atoms with E-state index in [1.165, 1.54) is 33.4 Å². The maximum Gasteiger partial charge on any atom is 0.0758 e. The zero-order valence-corrected chi connectivity index (χ0v) is 14.1. The van der Waals surface area contributed by atoms with Gasteiger partial charge >= 0.3 is 0 Å². The molecule has 2 nitrogen and oxygen atoms in total. The number of nitrogens with zero attached hydrogens (tertiary/aromatic N) is 1. The van der Waals surface area contributed by atoms with E-state index in [0.29, 0.717) is 5.92 Å². The number of hydrogen-bond acceptors (Lipinski definition) is 2. The second-order valence-corrected chi connectivity index (χ2v) is 6.13. The average molecular weight is 284 g/mol. The van der Waals surface area contributed by atoms with Gasteiger partial charge in [0, 0.05) is 23.3 Å². The first-order chi connectivity index (χ1) is 10.1. The third-order valence-corrected chi connectivity index (χ3v) is 3.98. The van der Waals surface area contributed by atoms with Crippen LogP contribution < -0.4 is 5.32 Å². The van der Waals surface area contributed by atoms with Gasteiger partial charge in [0.05, 0.1) is 5.52 Å². The van der Waals surface area contributed by atoms with Gasteiger partial charge in [0.2, 0.25) is 0 Å². The highest BCUT2D eigenvalue weighted by molar-refractivity contribution is 5.95. The largest absolute Gasteiger partial charge is 0.384 e. The number of aromatic nitrogens is 1. The van der Waals surface area contributed by atoms with Crippen molar-refractivity contribution in [3.63, 3.8) is 0 Å². The van der Waals surface area contributed by atoms with E-state index in [4.69, 9.17) is 4.98 Å². The van der Waals surface area contributed by atoms with Gasteiger partial charge in [-0.15, -0.1) is 0 Å². The van der Waals surface area contributed by atoms with E-state index >= 15 is 0 Å². The Morgan fingerprint density at radius 2 is 1.90 bits per heavy atom. The van der Waals surface area contributed by atoms with Crippen LogP contribution in [0.15, 0.2) is 18.2 Å². The summed E-state index contributed by atoms with van der Waals surface area (Å²) in [6, 6.07) is 6.60. The van der Waals surface area contributed by atoms with Gasteiger partial charge in [-0.1, -0.05) is 52.3 Å². The van der Waals surface area contributed by atoms with Crippen molar-refractivity contribution in [3.05, 3.63) is 35.0 Å². The number of fused-ring (bicyclic) bond motifs is 1. The molecule has 1 aromatic carbocycles. The van der Waals surface area contributed by atoms with E-state index < -0.39 is 0 Å².